The zero-order valence-electron chi connectivity index (χ0n) is 17.8. The van der Waals surface area contributed by atoms with E-state index in [1.807, 2.05) is 36.0 Å². The average molecular weight is 520 g/mol. The van der Waals surface area contributed by atoms with E-state index >= 15 is 0 Å². The molecule has 0 bridgehead atoms. The molecule has 0 saturated heterocycles. The van der Waals surface area contributed by atoms with Crippen molar-refractivity contribution in [3.05, 3.63) is 71.4 Å². The molecule has 0 aliphatic rings. The molecule has 3 aromatic rings. The van der Waals surface area contributed by atoms with Crippen molar-refractivity contribution in [2.24, 2.45) is 4.99 Å². The number of aliphatic imine (C=N–C) groups is 1. The van der Waals surface area contributed by atoms with E-state index < -0.39 is 0 Å². The summed E-state index contributed by atoms with van der Waals surface area (Å²) in [4.78, 5) is 13.0. The van der Waals surface area contributed by atoms with Crippen LogP contribution >= 0.6 is 24.0 Å². The zero-order valence-corrected chi connectivity index (χ0v) is 20.2. The van der Waals surface area contributed by atoms with Crippen molar-refractivity contribution in [1.29, 1.82) is 0 Å². The highest BCUT2D eigenvalue weighted by atomic mass is 127. The van der Waals surface area contributed by atoms with E-state index in [0.29, 0.717) is 6.54 Å². The molecule has 2 N–H and O–H groups in total. The Morgan fingerprint density at radius 2 is 1.97 bits per heavy atom. The van der Waals surface area contributed by atoms with Crippen LogP contribution in [0.4, 0.5) is 0 Å². The molecule has 8 heteroatoms. The quantitative estimate of drug-likeness (QED) is 0.284. The van der Waals surface area contributed by atoms with Gasteiger partial charge in [-0.05, 0) is 43.5 Å². The number of imidazole rings is 1. The molecule has 7 nitrogen and oxygen atoms in total. The number of nitrogens with one attached hydrogen (secondary N) is 2. The summed E-state index contributed by atoms with van der Waals surface area (Å²) in [6.45, 7) is 5.45. The number of benzene rings is 1. The first-order valence-electron chi connectivity index (χ1n) is 9.64. The van der Waals surface area contributed by atoms with Crippen LogP contribution in [0.1, 0.15) is 22.5 Å². The van der Waals surface area contributed by atoms with Gasteiger partial charge in [0, 0.05) is 38.7 Å². The number of pyridine rings is 1. The number of hydrogen-bond donors (Lipinski definition) is 2. The molecule has 2 heterocycles. The van der Waals surface area contributed by atoms with E-state index in [9.17, 15) is 0 Å². The van der Waals surface area contributed by atoms with Crippen LogP contribution in [0.15, 0.2) is 53.9 Å². The Morgan fingerprint density at radius 1 is 1.13 bits per heavy atom. The van der Waals surface area contributed by atoms with Crippen molar-refractivity contribution in [3.8, 4) is 11.6 Å². The predicted octanol–water partition coefficient (Wildman–Crippen LogP) is 3.42. The maximum Gasteiger partial charge on any atom is 0.191 e. The summed E-state index contributed by atoms with van der Waals surface area (Å²) in [5.41, 5.74) is 3.49. The van der Waals surface area contributed by atoms with Crippen LogP contribution in [-0.4, -0.2) is 41.2 Å². The van der Waals surface area contributed by atoms with Crippen molar-refractivity contribution < 1.29 is 4.74 Å². The topological polar surface area (TPSA) is 76.4 Å². The summed E-state index contributed by atoms with van der Waals surface area (Å²) in [6.07, 6.45) is 6.40. The van der Waals surface area contributed by atoms with Gasteiger partial charge in [-0.2, -0.15) is 0 Å². The van der Waals surface area contributed by atoms with E-state index in [-0.39, 0.29) is 24.0 Å². The molecule has 30 heavy (non-hydrogen) atoms. The molecular weight excluding hydrogens is 491 g/mol. The van der Waals surface area contributed by atoms with Crippen molar-refractivity contribution in [3.63, 3.8) is 0 Å². The minimum atomic E-state index is 0. The lowest BCUT2D eigenvalue weighted by molar-refractivity contribution is 0.409. The second kappa shape index (κ2) is 11.5. The highest BCUT2D eigenvalue weighted by molar-refractivity contribution is 14.0. The van der Waals surface area contributed by atoms with Gasteiger partial charge >= 0.3 is 0 Å². The smallest absolute Gasteiger partial charge is 0.191 e. The first-order chi connectivity index (χ1) is 14.1. The number of rotatable bonds is 7. The summed E-state index contributed by atoms with van der Waals surface area (Å²) in [5, 5.41) is 6.68. The molecule has 0 aliphatic heterocycles. The highest BCUT2D eigenvalue weighted by Crippen LogP contribution is 2.19. The van der Waals surface area contributed by atoms with Gasteiger partial charge < -0.3 is 15.4 Å². The molecule has 0 aliphatic carbocycles. The molecule has 160 valence electrons. The van der Waals surface area contributed by atoms with Gasteiger partial charge in [-0.3, -0.25) is 9.56 Å². The van der Waals surface area contributed by atoms with E-state index in [4.69, 9.17) is 4.74 Å². The third-order valence-corrected chi connectivity index (χ3v) is 4.69. The van der Waals surface area contributed by atoms with Crippen molar-refractivity contribution in [2.45, 2.75) is 26.8 Å². The number of halogens is 1. The van der Waals surface area contributed by atoms with Gasteiger partial charge in [0.15, 0.2) is 5.96 Å². The molecule has 0 spiro atoms. The summed E-state index contributed by atoms with van der Waals surface area (Å²) in [5.74, 6) is 3.45. The lowest BCUT2D eigenvalue weighted by Gasteiger charge is -2.14. The number of ether oxygens (including phenoxy) is 1. The highest BCUT2D eigenvalue weighted by Gasteiger charge is 2.05. The van der Waals surface area contributed by atoms with Gasteiger partial charge in [0.2, 0.25) is 0 Å². The van der Waals surface area contributed by atoms with Crippen molar-refractivity contribution in [2.75, 3.05) is 20.7 Å². The molecule has 0 unspecified atom stereocenters. The Bertz CT molecular complexity index is 968. The molecular formula is C22H29IN6O. The Balaban J connectivity index is 0.00000320. The third kappa shape index (κ3) is 6.19. The number of hydrogen-bond acceptors (Lipinski definition) is 4. The van der Waals surface area contributed by atoms with Gasteiger partial charge in [0.25, 0.3) is 0 Å². The van der Waals surface area contributed by atoms with Gasteiger partial charge in [-0.15, -0.1) is 24.0 Å². The standard InChI is InChI=1S/C22H28N6O.HI/c1-16-5-7-20(29-4)19(13-16)9-10-25-22(23-3)27-15-18-6-8-21(26-14-18)28-12-11-24-17(28)2;/h5-8,11-14H,9-10,15H2,1-4H3,(H2,23,25,27);1H. The summed E-state index contributed by atoms with van der Waals surface area (Å²) in [6, 6.07) is 10.3. The largest absolute Gasteiger partial charge is 0.496 e. The summed E-state index contributed by atoms with van der Waals surface area (Å²) < 4.78 is 7.40. The molecule has 0 atom stereocenters. The zero-order chi connectivity index (χ0) is 20.6. The number of guanidine groups is 1. The normalized spacial score (nSPS) is 11.0. The fourth-order valence-corrected chi connectivity index (χ4v) is 3.11. The van der Waals surface area contributed by atoms with Crippen LogP contribution in [0.2, 0.25) is 0 Å². The number of aromatic nitrogens is 3. The summed E-state index contributed by atoms with van der Waals surface area (Å²) in [7, 11) is 3.47. The molecule has 0 amide bonds. The first kappa shape index (κ1) is 23.7. The van der Waals surface area contributed by atoms with Gasteiger partial charge in [0.05, 0.1) is 7.11 Å². The van der Waals surface area contributed by atoms with Gasteiger partial charge in [-0.25, -0.2) is 9.97 Å². The summed E-state index contributed by atoms with van der Waals surface area (Å²) >= 11 is 0. The number of methoxy groups -OCH3 is 1. The molecule has 2 aromatic heterocycles. The monoisotopic (exact) mass is 520 g/mol. The lowest BCUT2D eigenvalue weighted by atomic mass is 10.1. The van der Waals surface area contributed by atoms with E-state index in [1.54, 1.807) is 20.4 Å². The second-order valence-electron chi connectivity index (χ2n) is 6.79. The van der Waals surface area contributed by atoms with Gasteiger partial charge in [0.1, 0.15) is 17.4 Å². The molecule has 0 saturated carbocycles. The van der Waals surface area contributed by atoms with Crippen molar-refractivity contribution >= 4 is 29.9 Å². The average Bonchev–Trinajstić information content (AvgIpc) is 3.17. The van der Waals surface area contributed by atoms with Crippen LogP contribution < -0.4 is 15.4 Å². The molecule has 3 rings (SSSR count). The number of aryl methyl sites for hydroxylation is 2. The maximum absolute atomic E-state index is 5.45. The molecule has 1 aromatic carbocycles. The Hall–Kier alpha value is -2.62. The van der Waals surface area contributed by atoms with Crippen LogP contribution in [-0.2, 0) is 13.0 Å². The van der Waals surface area contributed by atoms with Gasteiger partial charge in [-0.1, -0.05) is 23.8 Å². The predicted molar refractivity (Wildman–Crippen MR) is 131 cm³/mol. The van der Waals surface area contributed by atoms with E-state index in [0.717, 1.165) is 41.9 Å². The number of nitrogens with zero attached hydrogens (tertiary/aromatic N) is 4. The second-order valence-corrected chi connectivity index (χ2v) is 6.79. The Labute approximate surface area is 195 Å². The van der Waals surface area contributed by atoms with Crippen LogP contribution in [0, 0.1) is 13.8 Å². The lowest BCUT2D eigenvalue weighted by Crippen LogP contribution is -2.37. The van der Waals surface area contributed by atoms with Crippen molar-refractivity contribution in [1.82, 2.24) is 25.2 Å². The minimum absolute atomic E-state index is 0. The maximum atomic E-state index is 5.45. The molecule has 0 fully saturated rings. The Morgan fingerprint density at radius 3 is 2.60 bits per heavy atom. The minimum Gasteiger partial charge on any atom is -0.496 e. The SMILES string of the molecule is CN=C(NCCc1cc(C)ccc1OC)NCc1ccc(-n2ccnc2C)nc1.I. The first-order valence-corrected chi connectivity index (χ1v) is 9.64. The van der Waals surface area contributed by atoms with E-state index in [1.165, 1.54) is 11.1 Å². The van der Waals surface area contributed by atoms with Crippen LogP contribution in [0.25, 0.3) is 5.82 Å². The van der Waals surface area contributed by atoms with E-state index in [2.05, 4.69) is 50.7 Å². The van der Waals surface area contributed by atoms with Crippen LogP contribution in [0.5, 0.6) is 5.75 Å². The fraction of sp³-hybridized carbons (Fsp3) is 0.318. The Kier molecular flexibility index (Phi) is 9.10. The van der Waals surface area contributed by atoms with Crippen LogP contribution in [0.3, 0.4) is 0 Å². The third-order valence-electron chi connectivity index (χ3n) is 4.69. The molecule has 0 radical (unpaired) electrons. The fourth-order valence-electron chi connectivity index (χ4n) is 3.11.